The Kier molecular flexibility index (Phi) is 4.83. The number of ether oxygens (including phenoxy) is 1. The van der Waals surface area contributed by atoms with E-state index in [1.54, 1.807) is 7.11 Å². The number of hydrogen-bond acceptors (Lipinski definition) is 6. The number of methoxy groups -OCH3 is 1. The van der Waals surface area contributed by atoms with Crippen molar-refractivity contribution < 1.29 is 9.53 Å². The summed E-state index contributed by atoms with van der Waals surface area (Å²) in [5, 5.41) is 11.0. The number of benzene rings is 1. The van der Waals surface area contributed by atoms with Crippen LogP contribution in [0.15, 0.2) is 30.6 Å². The van der Waals surface area contributed by atoms with Gasteiger partial charge in [0.05, 0.1) is 7.11 Å². The van der Waals surface area contributed by atoms with Crippen LogP contribution in [0.1, 0.15) is 18.4 Å². The van der Waals surface area contributed by atoms with E-state index in [4.69, 9.17) is 4.74 Å². The Morgan fingerprint density at radius 2 is 2.04 bits per heavy atom. The average Bonchev–Trinajstić information content (AvgIpc) is 3.01. The van der Waals surface area contributed by atoms with Gasteiger partial charge >= 0.3 is 0 Å². The second-order valence-electron chi connectivity index (χ2n) is 7.19. The number of nitrogens with zero attached hydrogens (tertiary/aromatic N) is 6. The van der Waals surface area contributed by atoms with Crippen molar-refractivity contribution in [1.29, 1.82) is 0 Å². The largest absolute Gasteiger partial charge is 0.497 e. The Morgan fingerprint density at radius 1 is 1.19 bits per heavy atom. The Hall–Kier alpha value is -2.48. The maximum Gasteiger partial charge on any atom is 0.244 e. The van der Waals surface area contributed by atoms with Gasteiger partial charge in [0.15, 0.2) is 0 Å². The molecule has 2 bridgehead atoms. The number of hydrogen-bond donors (Lipinski definition) is 0. The van der Waals surface area contributed by atoms with E-state index in [1.165, 1.54) is 23.0 Å². The van der Waals surface area contributed by atoms with Crippen molar-refractivity contribution in [2.24, 2.45) is 5.92 Å². The standard InChI is InChI=1S/C18H24N6O2/c1-26-17-6-3-14(4-7-17)8-22-9-15-2-5-16(11-22)24(10-15)18(25)12-23-13-19-20-21-23/h3-4,6-7,13,15-16H,2,5,8-12H2,1H3/t15-,16+/m0/s1. The summed E-state index contributed by atoms with van der Waals surface area (Å²) in [5.41, 5.74) is 1.28. The topological polar surface area (TPSA) is 76.4 Å². The van der Waals surface area contributed by atoms with Crippen LogP contribution in [0.5, 0.6) is 5.75 Å². The van der Waals surface area contributed by atoms with E-state index >= 15 is 0 Å². The minimum absolute atomic E-state index is 0.110. The number of aromatic nitrogens is 4. The first kappa shape index (κ1) is 17.0. The van der Waals surface area contributed by atoms with Crippen molar-refractivity contribution in [3.05, 3.63) is 36.2 Å². The van der Waals surface area contributed by atoms with Crippen LogP contribution in [0.25, 0.3) is 0 Å². The summed E-state index contributed by atoms with van der Waals surface area (Å²) in [6.45, 7) is 3.92. The molecular weight excluding hydrogens is 332 g/mol. The minimum Gasteiger partial charge on any atom is -0.497 e. The molecule has 3 aliphatic rings. The van der Waals surface area contributed by atoms with E-state index in [1.807, 2.05) is 17.0 Å². The molecule has 2 atom stereocenters. The molecule has 8 nitrogen and oxygen atoms in total. The highest BCUT2D eigenvalue weighted by Gasteiger charge is 2.37. The molecule has 8 heteroatoms. The Labute approximate surface area is 152 Å². The van der Waals surface area contributed by atoms with Crippen molar-refractivity contribution in [2.45, 2.75) is 32.0 Å². The van der Waals surface area contributed by atoms with Crippen LogP contribution < -0.4 is 4.74 Å². The van der Waals surface area contributed by atoms with Gasteiger partial charge in [0, 0.05) is 32.2 Å². The number of amides is 1. The number of rotatable bonds is 5. The Bertz CT molecular complexity index is 733. The average molecular weight is 356 g/mol. The number of piperidine rings is 1. The van der Waals surface area contributed by atoms with Gasteiger partial charge < -0.3 is 9.64 Å². The van der Waals surface area contributed by atoms with E-state index in [2.05, 4.69) is 32.6 Å². The van der Waals surface area contributed by atoms with E-state index < -0.39 is 0 Å². The molecule has 1 aromatic heterocycles. The third-order valence-corrected chi connectivity index (χ3v) is 5.36. The van der Waals surface area contributed by atoms with Crippen LogP contribution in [-0.2, 0) is 17.9 Å². The molecular formula is C18H24N6O2. The monoisotopic (exact) mass is 356 g/mol. The molecule has 0 radical (unpaired) electrons. The van der Waals surface area contributed by atoms with Gasteiger partial charge in [-0.05, 0) is 46.9 Å². The second-order valence-corrected chi connectivity index (χ2v) is 7.19. The number of tetrazole rings is 1. The first-order chi connectivity index (χ1) is 12.7. The number of carbonyl (C=O) groups is 1. The summed E-state index contributed by atoms with van der Waals surface area (Å²) in [7, 11) is 1.68. The highest BCUT2D eigenvalue weighted by molar-refractivity contribution is 5.76. The number of carbonyl (C=O) groups excluding carboxylic acids is 1. The predicted molar refractivity (Wildman–Crippen MR) is 94.3 cm³/mol. The van der Waals surface area contributed by atoms with E-state index in [0.29, 0.717) is 5.92 Å². The zero-order valence-corrected chi connectivity index (χ0v) is 15.0. The summed E-state index contributed by atoms with van der Waals surface area (Å²) in [5.74, 6) is 1.52. The molecule has 0 spiro atoms. The minimum atomic E-state index is 0.110. The van der Waals surface area contributed by atoms with Gasteiger partial charge in [-0.25, -0.2) is 4.68 Å². The third kappa shape index (κ3) is 3.70. The first-order valence-electron chi connectivity index (χ1n) is 9.07. The molecule has 2 aromatic rings. The molecule has 3 fully saturated rings. The van der Waals surface area contributed by atoms with Crippen LogP contribution in [0.4, 0.5) is 0 Å². The lowest BCUT2D eigenvalue weighted by Gasteiger charge is -2.36. The maximum atomic E-state index is 12.7. The molecule has 1 aromatic carbocycles. The SMILES string of the molecule is COc1ccc(CN2C[C@@H]3CC[C@H](C2)N(C(=O)Cn2cnnn2)C3)cc1. The molecule has 1 amide bonds. The highest BCUT2D eigenvalue weighted by Crippen LogP contribution is 2.29. The fourth-order valence-electron chi connectivity index (χ4n) is 4.08. The van der Waals surface area contributed by atoms with Crippen molar-refractivity contribution in [3.63, 3.8) is 0 Å². The van der Waals surface area contributed by atoms with E-state index in [0.717, 1.165) is 38.3 Å². The molecule has 138 valence electrons. The van der Waals surface area contributed by atoms with Gasteiger partial charge in [-0.3, -0.25) is 9.69 Å². The van der Waals surface area contributed by atoms with Crippen molar-refractivity contribution in [3.8, 4) is 5.75 Å². The summed E-state index contributed by atoms with van der Waals surface area (Å²) in [6.07, 6.45) is 3.76. The number of fused-ring (bicyclic) bond motifs is 4. The first-order valence-corrected chi connectivity index (χ1v) is 9.07. The van der Waals surface area contributed by atoms with Crippen LogP contribution in [-0.4, -0.2) is 68.7 Å². The van der Waals surface area contributed by atoms with Crippen molar-refractivity contribution >= 4 is 5.91 Å². The summed E-state index contributed by atoms with van der Waals surface area (Å²) >= 11 is 0. The molecule has 5 rings (SSSR count). The smallest absolute Gasteiger partial charge is 0.244 e. The summed E-state index contributed by atoms with van der Waals surface area (Å²) in [6, 6.07) is 8.52. The third-order valence-electron chi connectivity index (χ3n) is 5.36. The van der Waals surface area contributed by atoms with Crippen LogP contribution >= 0.6 is 0 Å². The lowest BCUT2D eigenvalue weighted by Crippen LogP contribution is -2.48. The van der Waals surface area contributed by atoms with Crippen LogP contribution in [0.3, 0.4) is 0 Å². The fourth-order valence-corrected chi connectivity index (χ4v) is 4.08. The maximum absolute atomic E-state index is 12.7. The Morgan fingerprint density at radius 3 is 2.77 bits per heavy atom. The van der Waals surface area contributed by atoms with Crippen LogP contribution in [0.2, 0.25) is 0 Å². The summed E-state index contributed by atoms with van der Waals surface area (Å²) < 4.78 is 6.73. The Balaban J connectivity index is 1.41. The van der Waals surface area contributed by atoms with Gasteiger partial charge in [0.25, 0.3) is 0 Å². The quantitative estimate of drug-likeness (QED) is 0.789. The molecule has 0 N–H and O–H groups in total. The fraction of sp³-hybridized carbons (Fsp3) is 0.556. The van der Waals surface area contributed by atoms with Gasteiger partial charge in [-0.1, -0.05) is 12.1 Å². The van der Waals surface area contributed by atoms with E-state index in [-0.39, 0.29) is 18.5 Å². The van der Waals surface area contributed by atoms with Gasteiger partial charge in [0.2, 0.25) is 5.91 Å². The van der Waals surface area contributed by atoms with Gasteiger partial charge in [-0.15, -0.1) is 5.10 Å². The second kappa shape index (κ2) is 7.41. The van der Waals surface area contributed by atoms with E-state index in [9.17, 15) is 4.79 Å². The molecule has 3 aliphatic heterocycles. The van der Waals surface area contributed by atoms with Crippen molar-refractivity contribution in [2.75, 3.05) is 26.7 Å². The predicted octanol–water partition coefficient (Wildman–Crippen LogP) is 0.805. The van der Waals surface area contributed by atoms with Gasteiger partial charge in [0.1, 0.15) is 18.6 Å². The normalized spacial score (nSPS) is 23.0. The van der Waals surface area contributed by atoms with Crippen molar-refractivity contribution in [1.82, 2.24) is 30.0 Å². The molecule has 4 heterocycles. The molecule has 26 heavy (non-hydrogen) atoms. The van der Waals surface area contributed by atoms with Gasteiger partial charge in [-0.2, -0.15) is 0 Å². The molecule has 0 saturated carbocycles. The van der Waals surface area contributed by atoms with Crippen LogP contribution in [0, 0.1) is 5.92 Å². The highest BCUT2D eigenvalue weighted by atomic mass is 16.5. The lowest BCUT2D eigenvalue weighted by atomic mass is 9.95. The molecule has 0 aliphatic carbocycles. The zero-order chi connectivity index (χ0) is 17.9. The molecule has 3 saturated heterocycles. The summed E-state index contributed by atoms with van der Waals surface area (Å²) in [4.78, 5) is 17.2. The lowest BCUT2D eigenvalue weighted by molar-refractivity contribution is -0.136. The zero-order valence-electron chi connectivity index (χ0n) is 15.0. The molecule has 0 unspecified atom stereocenters.